The highest BCUT2D eigenvalue weighted by Gasteiger charge is 2.16. The van der Waals surface area contributed by atoms with Crippen LogP contribution in [0.3, 0.4) is 0 Å². The fourth-order valence-corrected chi connectivity index (χ4v) is 2.07. The molecule has 0 aliphatic heterocycles. The summed E-state index contributed by atoms with van der Waals surface area (Å²) in [5.41, 5.74) is 5.86. The second-order valence-corrected chi connectivity index (χ2v) is 4.84. The molecule has 0 saturated heterocycles. The number of halogens is 1. The zero-order chi connectivity index (χ0) is 14.3. The molecule has 0 spiro atoms. The van der Waals surface area contributed by atoms with Gasteiger partial charge in [-0.15, -0.1) is 0 Å². The quantitative estimate of drug-likeness (QED) is 0.742. The highest BCUT2D eigenvalue weighted by Crippen LogP contribution is 2.13. The number of benzene rings is 1. The average Bonchev–Trinajstić information content (AvgIpc) is 2.36. The second-order valence-electron chi connectivity index (χ2n) is 4.84. The van der Waals surface area contributed by atoms with Crippen molar-refractivity contribution < 1.29 is 9.18 Å². The zero-order valence-electron chi connectivity index (χ0n) is 11.7. The standard InChI is InChI=1S/C15H23FN2O/c1-3-5-7-12(6-4-2)18-15(19)13-9-8-11(17)10-14(13)16/h8-10,12H,3-7,17H2,1-2H3,(H,18,19). The van der Waals surface area contributed by atoms with Gasteiger partial charge in [0.25, 0.3) is 5.91 Å². The van der Waals surface area contributed by atoms with Crippen LogP contribution < -0.4 is 11.1 Å². The van der Waals surface area contributed by atoms with Crippen molar-refractivity contribution in [2.24, 2.45) is 0 Å². The molecule has 3 nitrogen and oxygen atoms in total. The molecule has 1 atom stereocenters. The molecule has 0 saturated carbocycles. The summed E-state index contributed by atoms with van der Waals surface area (Å²) in [4.78, 5) is 12.0. The largest absolute Gasteiger partial charge is 0.399 e. The first-order chi connectivity index (χ1) is 9.08. The first kappa shape index (κ1) is 15.5. The van der Waals surface area contributed by atoms with Gasteiger partial charge in [0.05, 0.1) is 5.56 Å². The third-order valence-electron chi connectivity index (χ3n) is 3.12. The predicted molar refractivity (Wildman–Crippen MR) is 76.5 cm³/mol. The van der Waals surface area contributed by atoms with Gasteiger partial charge in [0.15, 0.2) is 0 Å². The number of unbranched alkanes of at least 4 members (excludes halogenated alkanes) is 1. The maximum atomic E-state index is 13.6. The van der Waals surface area contributed by atoms with Crippen LogP contribution in [0.5, 0.6) is 0 Å². The summed E-state index contributed by atoms with van der Waals surface area (Å²) in [6.45, 7) is 4.19. The van der Waals surface area contributed by atoms with Crippen LogP contribution in [0.15, 0.2) is 18.2 Å². The Hall–Kier alpha value is -1.58. The molecule has 0 heterocycles. The molecule has 0 aliphatic carbocycles. The molecule has 4 heteroatoms. The summed E-state index contributed by atoms with van der Waals surface area (Å²) < 4.78 is 13.6. The Morgan fingerprint density at radius 1 is 1.32 bits per heavy atom. The summed E-state index contributed by atoms with van der Waals surface area (Å²) in [7, 11) is 0. The van der Waals surface area contributed by atoms with Gasteiger partial charge in [0, 0.05) is 11.7 Å². The molecule has 1 rings (SSSR count). The first-order valence-corrected chi connectivity index (χ1v) is 6.94. The van der Waals surface area contributed by atoms with Gasteiger partial charge in [0.1, 0.15) is 5.82 Å². The average molecular weight is 266 g/mol. The molecule has 0 aliphatic rings. The Morgan fingerprint density at radius 2 is 2.05 bits per heavy atom. The van der Waals surface area contributed by atoms with Crippen molar-refractivity contribution in [3.63, 3.8) is 0 Å². The van der Waals surface area contributed by atoms with Crippen LogP contribution >= 0.6 is 0 Å². The topological polar surface area (TPSA) is 55.1 Å². The van der Waals surface area contributed by atoms with Crippen LogP contribution in [0.1, 0.15) is 56.3 Å². The Kier molecular flexibility index (Phi) is 6.33. The molecule has 0 aromatic heterocycles. The third kappa shape index (κ3) is 4.89. The lowest BCUT2D eigenvalue weighted by Crippen LogP contribution is -2.35. The van der Waals surface area contributed by atoms with Crippen LogP contribution in [0.25, 0.3) is 0 Å². The van der Waals surface area contributed by atoms with Crippen molar-refractivity contribution in [2.75, 3.05) is 5.73 Å². The van der Waals surface area contributed by atoms with E-state index in [1.54, 1.807) is 6.07 Å². The number of nitrogen functional groups attached to an aromatic ring is 1. The van der Waals surface area contributed by atoms with Gasteiger partial charge in [0.2, 0.25) is 0 Å². The van der Waals surface area contributed by atoms with Crippen LogP contribution in [-0.4, -0.2) is 11.9 Å². The minimum Gasteiger partial charge on any atom is -0.399 e. The maximum absolute atomic E-state index is 13.6. The molecule has 1 amide bonds. The number of amides is 1. The third-order valence-corrected chi connectivity index (χ3v) is 3.12. The SMILES string of the molecule is CCCCC(CCC)NC(=O)c1ccc(N)cc1F. The van der Waals surface area contributed by atoms with E-state index in [1.165, 1.54) is 12.1 Å². The normalized spacial score (nSPS) is 12.2. The van der Waals surface area contributed by atoms with E-state index in [4.69, 9.17) is 5.73 Å². The van der Waals surface area contributed by atoms with Gasteiger partial charge >= 0.3 is 0 Å². The first-order valence-electron chi connectivity index (χ1n) is 6.94. The van der Waals surface area contributed by atoms with Crippen molar-refractivity contribution in [3.8, 4) is 0 Å². The number of hydrogen-bond donors (Lipinski definition) is 2. The van der Waals surface area contributed by atoms with Crippen LogP contribution in [-0.2, 0) is 0 Å². The molecule has 1 unspecified atom stereocenters. The van der Waals surface area contributed by atoms with Crippen LogP contribution in [0, 0.1) is 5.82 Å². The molecule has 3 N–H and O–H groups in total. The monoisotopic (exact) mass is 266 g/mol. The second kappa shape index (κ2) is 7.77. The minimum atomic E-state index is -0.566. The lowest BCUT2D eigenvalue weighted by atomic mass is 10.0. The highest BCUT2D eigenvalue weighted by atomic mass is 19.1. The summed E-state index contributed by atoms with van der Waals surface area (Å²) >= 11 is 0. The summed E-state index contributed by atoms with van der Waals surface area (Å²) in [6.07, 6.45) is 5.01. The van der Waals surface area contributed by atoms with E-state index in [-0.39, 0.29) is 17.5 Å². The van der Waals surface area contributed by atoms with Gasteiger partial charge in [-0.1, -0.05) is 33.1 Å². The van der Waals surface area contributed by atoms with Gasteiger partial charge < -0.3 is 11.1 Å². The van der Waals surface area contributed by atoms with Crippen molar-refractivity contribution >= 4 is 11.6 Å². The molecule has 19 heavy (non-hydrogen) atoms. The number of hydrogen-bond acceptors (Lipinski definition) is 2. The van der Waals surface area contributed by atoms with E-state index < -0.39 is 5.82 Å². The molecule has 106 valence electrons. The smallest absolute Gasteiger partial charge is 0.254 e. The molecular formula is C15H23FN2O. The van der Waals surface area contributed by atoms with Crippen molar-refractivity contribution in [3.05, 3.63) is 29.6 Å². The van der Waals surface area contributed by atoms with Gasteiger partial charge in [-0.3, -0.25) is 4.79 Å². The van der Waals surface area contributed by atoms with Crippen molar-refractivity contribution in [2.45, 2.75) is 52.0 Å². The van der Waals surface area contributed by atoms with Gasteiger partial charge in [-0.05, 0) is 31.0 Å². The van der Waals surface area contributed by atoms with E-state index in [0.29, 0.717) is 5.69 Å². The molecular weight excluding hydrogens is 243 g/mol. The Bertz CT molecular complexity index is 421. The van der Waals surface area contributed by atoms with Gasteiger partial charge in [-0.2, -0.15) is 0 Å². The number of carbonyl (C=O) groups is 1. The van der Waals surface area contributed by atoms with Crippen LogP contribution in [0.4, 0.5) is 10.1 Å². The van der Waals surface area contributed by atoms with E-state index in [9.17, 15) is 9.18 Å². The maximum Gasteiger partial charge on any atom is 0.254 e. The van der Waals surface area contributed by atoms with E-state index in [1.807, 2.05) is 0 Å². The highest BCUT2D eigenvalue weighted by molar-refractivity contribution is 5.95. The Morgan fingerprint density at radius 3 is 2.63 bits per heavy atom. The number of carbonyl (C=O) groups excluding carboxylic acids is 1. The van der Waals surface area contributed by atoms with Gasteiger partial charge in [-0.25, -0.2) is 4.39 Å². The summed E-state index contributed by atoms with van der Waals surface area (Å²) in [6, 6.07) is 4.27. The minimum absolute atomic E-state index is 0.0619. The van der Waals surface area contributed by atoms with Crippen LogP contribution in [0.2, 0.25) is 0 Å². The lowest BCUT2D eigenvalue weighted by molar-refractivity contribution is 0.0928. The zero-order valence-corrected chi connectivity index (χ0v) is 11.7. The van der Waals surface area contributed by atoms with Crippen molar-refractivity contribution in [1.29, 1.82) is 0 Å². The number of anilines is 1. The Labute approximate surface area is 114 Å². The molecule has 0 bridgehead atoms. The number of rotatable bonds is 7. The van der Waals surface area contributed by atoms with Crippen molar-refractivity contribution in [1.82, 2.24) is 5.32 Å². The fourth-order valence-electron chi connectivity index (χ4n) is 2.07. The molecule has 1 aromatic carbocycles. The summed E-state index contributed by atoms with van der Waals surface area (Å²) in [5.74, 6) is -0.921. The van der Waals surface area contributed by atoms with E-state index >= 15 is 0 Å². The van der Waals surface area contributed by atoms with E-state index in [2.05, 4.69) is 19.2 Å². The molecule has 1 aromatic rings. The van der Waals surface area contributed by atoms with E-state index in [0.717, 1.165) is 32.1 Å². The number of nitrogens with two attached hydrogens (primary N) is 1. The summed E-state index contributed by atoms with van der Waals surface area (Å²) in [5, 5.41) is 2.91. The molecule has 0 radical (unpaired) electrons. The number of nitrogens with one attached hydrogen (secondary N) is 1. The lowest BCUT2D eigenvalue weighted by Gasteiger charge is -2.18. The molecule has 0 fully saturated rings. The Balaban J connectivity index is 2.69. The predicted octanol–water partition coefficient (Wildman–Crippen LogP) is 3.50. The fraction of sp³-hybridized carbons (Fsp3) is 0.533.